The molecular formula is C23H17ClN8O4S. The average Bonchev–Trinajstić information content (AvgIpc) is 3.66. The van der Waals surface area contributed by atoms with E-state index in [2.05, 4.69) is 86.2 Å². The molecular weight excluding hydrogens is 520 g/mol. The van der Waals surface area contributed by atoms with Gasteiger partial charge in [-0.05, 0) is 43.4 Å². The van der Waals surface area contributed by atoms with Gasteiger partial charge in [0.05, 0.1) is 23.7 Å². The lowest BCUT2D eigenvalue weighted by Gasteiger charge is -2.17. The van der Waals surface area contributed by atoms with E-state index < -0.39 is 10.2 Å². The van der Waals surface area contributed by atoms with Gasteiger partial charge in [-0.1, -0.05) is 42.5 Å². The molecule has 0 fully saturated rings. The van der Waals surface area contributed by atoms with Crippen molar-refractivity contribution in [1.29, 1.82) is 0 Å². The van der Waals surface area contributed by atoms with Gasteiger partial charge in [-0.25, -0.2) is 23.3 Å². The molecule has 0 amide bonds. The standard InChI is InChI=1S/C23H17N8S.ClHO4/c1-28-22-17-9-5-3-7-15(17)20(30(22)26-24-28)19(14-11-12-32-13-14)21-16-8-4-6-10-18(16)23-29(2)25-27-31(21)23;2-1(3,4)5/h3-13H,1-2H3;(H,2,3,4,5)/q+1;/p-1. The predicted octanol–water partition coefficient (Wildman–Crippen LogP) is -2.49. The highest BCUT2D eigenvalue weighted by Gasteiger charge is 2.27. The van der Waals surface area contributed by atoms with Crippen molar-refractivity contribution in [2.75, 3.05) is 0 Å². The highest BCUT2D eigenvalue weighted by molar-refractivity contribution is 7.08. The van der Waals surface area contributed by atoms with Crippen molar-refractivity contribution in [2.24, 2.45) is 14.1 Å². The maximum Gasteiger partial charge on any atom is 0.295 e. The highest BCUT2D eigenvalue weighted by Crippen LogP contribution is 2.34. The van der Waals surface area contributed by atoms with Crippen LogP contribution in [0.5, 0.6) is 0 Å². The van der Waals surface area contributed by atoms with E-state index in [0.29, 0.717) is 0 Å². The van der Waals surface area contributed by atoms with Crippen LogP contribution in [-0.4, -0.2) is 34.6 Å². The van der Waals surface area contributed by atoms with Gasteiger partial charge in [-0.3, -0.25) is 0 Å². The number of aryl methyl sites for hydroxylation is 2. The smallest absolute Gasteiger partial charge is 0.230 e. The number of hydrogen-bond donors (Lipinski definition) is 0. The minimum Gasteiger partial charge on any atom is -0.230 e. The van der Waals surface area contributed by atoms with E-state index in [4.69, 9.17) is 18.6 Å². The molecule has 0 radical (unpaired) electrons. The molecule has 12 nitrogen and oxygen atoms in total. The summed E-state index contributed by atoms with van der Waals surface area (Å²) in [5, 5.41) is 27.4. The molecule has 0 N–H and O–H groups in total. The van der Waals surface area contributed by atoms with Crippen LogP contribution in [0.3, 0.4) is 0 Å². The van der Waals surface area contributed by atoms with Crippen LogP contribution in [0.15, 0.2) is 65.4 Å². The number of benzene rings is 2. The maximum absolute atomic E-state index is 8.49. The Bertz CT molecular complexity index is 1960. The molecule has 0 bridgehead atoms. The second-order valence-corrected chi connectivity index (χ2v) is 9.77. The SMILES string of the molecule is Cn1nnn2c(/C(c3ccsc3)=c3/c4ccccc4c4n3nn[n+]4C)c3ccccc3c12.[O-][Cl+3]([O-])([O-])[O-]. The van der Waals surface area contributed by atoms with Gasteiger partial charge < -0.3 is 0 Å². The molecule has 186 valence electrons. The van der Waals surface area contributed by atoms with Gasteiger partial charge >= 0.3 is 0 Å². The van der Waals surface area contributed by atoms with E-state index in [1.807, 2.05) is 32.5 Å². The van der Waals surface area contributed by atoms with E-state index >= 15 is 0 Å². The van der Waals surface area contributed by atoms with E-state index in [0.717, 1.165) is 55.0 Å². The molecule has 0 spiro atoms. The number of rotatable bonds is 2. The summed E-state index contributed by atoms with van der Waals surface area (Å²) in [5.41, 5.74) is 5.08. The first-order valence-electron chi connectivity index (χ1n) is 10.8. The van der Waals surface area contributed by atoms with Gasteiger partial charge in [0.1, 0.15) is 5.21 Å². The summed E-state index contributed by atoms with van der Waals surface area (Å²) < 4.78 is 41.5. The molecule has 7 rings (SSSR count). The fourth-order valence-electron chi connectivity index (χ4n) is 4.79. The van der Waals surface area contributed by atoms with Gasteiger partial charge in [0.15, 0.2) is 16.2 Å². The number of nitrogens with zero attached hydrogens (tertiary/aromatic N) is 8. The fourth-order valence-corrected chi connectivity index (χ4v) is 5.44. The summed E-state index contributed by atoms with van der Waals surface area (Å²) in [6, 6.07) is 18.9. The molecule has 0 aliphatic rings. The Kier molecular flexibility index (Phi) is 5.41. The van der Waals surface area contributed by atoms with Crippen molar-refractivity contribution >= 4 is 49.7 Å². The molecule has 0 unspecified atom stereocenters. The highest BCUT2D eigenvalue weighted by atomic mass is 35.7. The van der Waals surface area contributed by atoms with Crippen LogP contribution in [0.4, 0.5) is 0 Å². The normalized spacial score (nSPS) is 13.0. The lowest BCUT2D eigenvalue weighted by molar-refractivity contribution is -2.00. The lowest BCUT2D eigenvalue weighted by Crippen LogP contribution is -2.68. The third-order valence-corrected chi connectivity index (χ3v) is 6.78. The second kappa shape index (κ2) is 8.55. The molecule has 14 heteroatoms. The molecule has 7 aromatic rings. The number of halogens is 1. The molecule has 5 heterocycles. The predicted molar refractivity (Wildman–Crippen MR) is 122 cm³/mol. The summed E-state index contributed by atoms with van der Waals surface area (Å²) in [6.07, 6.45) is 0. The van der Waals surface area contributed by atoms with E-state index in [1.165, 1.54) is 0 Å². The fraction of sp³-hybridized carbons (Fsp3) is 0.0870. The molecule has 0 atom stereocenters. The van der Waals surface area contributed by atoms with Gasteiger partial charge in [0.25, 0.3) is 5.65 Å². The van der Waals surface area contributed by atoms with Crippen LogP contribution in [0.25, 0.3) is 38.4 Å². The minimum absolute atomic E-state index is 0.958. The zero-order valence-electron chi connectivity index (χ0n) is 19.3. The van der Waals surface area contributed by atoms with Crippen molar-refractivity contribution in [1.82, 2.24) is 34.6 Å². The van der Waals surface area contributed by atoms with Crippen molar-refractivity contribution in [3.8, 4) is 0 Å². The summed E-state index contributed by atoms with van der Waals surface area (Å²) >= 11 is 1.67. The van der Waals surface area contributed by atoms with Crippen LogP contribution in [0.1, 0.15) is 11.3 Å². The summed E-state index contributed by atoms with van der Waals surface area (Å²) in [4.78, 5) is 0. The number of aromatic nitrogens is 8. The number of thiophene rings is 1. The lowest BCUT2D eigenvalue weighted by atomic mass is 10.0. The van der Waals surface area contributed by atoms with E-state index in [-0.39, 0.29) is 0 Å². The molecule has 0 aliphatic heterocycles. The van der Waals surface area contributed by atoms with E-state index in [1.54, 1.807) is 11.3 Å². The Morgan fingerprint density at radius 1 is 0.838 bits per heavy atom. The largest absolute Gasteiger partial charge is 0.295 e. The van der Waals surface area contributed by atoms with Crippen LogP contribution >= 0.6 is 11.3 Å². The average molecular weight is 537 g/mol. The molecule has 2 aromatic carbocycles. The monoisotopic (exact) mass is 536 g/mol. The molecule has 0 saturated heterocycles. The molecule has 5 aromatic heterocycles. The Labute approximate surface area is 213 Å². The Balaban J connectivity index is 0.000000463. The van der Waals surface area contributed by atoms with Crippen LogP contribution in [0.2, 0.25) is 0 Å². The maximum atomic E-state index is 8.49. The number of hydrogen-bond acceptors (Lipinski definition) is 9. The second-order valence-electron chi connectivity index (χ2n) is 8.23. The van der Waals surface area contributed by atoms with Gasteiger partial charge in [0, 0.05) is 23.2 Å². The van der Waals surface area contributed by atoms with E-state index in [9.17, 15) is 0 Å². The minimum atomic E-state index is -4.94. The van der Waals surface area contributed by atoms with Gasteiger partial charge in [-0.2, -0.15) is 15.9 Å². The number of fused-ring (bicyclic) bond motifs is 6. The molecule has 0 saturated carbocycles. The van der Waals surface area contributed by atoms with Crippen LogP contribution < -0.4 is 28.7 Å². The van der Waals surface area contributed by atoms with Crippen molar-refractivity contribution in [3.63, 3.8) is 0 Å². The quantitative estimate of drug-likeness (QED) is 0.219. The van der Waals surface area contributed by atoms with Gasteiger partial charge in [-0.15, -0.1) is 14.9 Å². The molecule has 0 aliphatic carbocycles. The first-order chi connectivity index (χ1) is 17.7. The molecule has 37 heavy (non-hydrogen) atoms. The van der Waals surface area contributed by atoms with Crippen LogP contribution in [-0.2, 0) is 14.1 Å². The summed E-state index contributed by atoms with van der Waals surface area (Å²) in [6.45, 7) is 0. The third-order valence-electron chi connectivity index (χ3n) is 6.09. The Morgan fingerprint density at radius 2 is 1.49 bits per heavy atom. The summed E-state index contributed by atoms with van der Waals surface area (Å²) in [5.74, 6) is 0. The van der Waals surface area contributed by atoms with Crippen molar-refractivity contribution in [3.05, 3.63) is 82.0 Å². The van der Waals surface area contributed by atoms with Gasteiger partial charge in [0.2, 0.25) is 0 Å². The van der Waals surface area contributed by atoms with Crippen molar-refractivity contribution < 1.29 is 33.6 Å². The van der Waals surface area contributed by atoms with Crippen molar-refractivity contribution in [2.45, 2.75) is 0 Å². The first-order valence-corrected chi connectivity index (χ1v) is 13.0. The zero-order valence-corrected chi connectivity index (χ0v) is 20.9. The third kappa shape index (κ3) is 3.81. The number of tetrazole rings is 2. The first kappa shape index (κ1) is 23.4. The van der Waals surface area contributed by atoms with Crippen LogP contribution in [0, 0.1) is 10.2 Å². The summed E-state index contributed by atoms with van der Waals surface area (Å²) in [7, 11) is -1.09. The topological polar surface area (TPSA) is 161 Å². The Hall–Kier alpha value is -3.98. The zero-order chi connectivity index (χ0) is 25.9. The Morgan fingerprint density at radius 3 is 2.16 bits per heavy atom.